The first-order valence-electron chi connectivity index (χ1n) is 24.9. The molecule has 0 aromatic heterocycles. The van der Waals surface area contributed by atoms with Crippen LogP contribution in [0.25, 0.3) is 0 Å². The third kappa shape index (κ3) is 43.4. The first kappa shape index (κ1) is 55.8. The highest BCUT2D eigenvalue weighted by molar-refractivity contribution is 5.76. The Bertz CT molecular complexity index is 988. The number of rotatable bonds is 45. The number of allylic oxidation sites excluding steroid dienone is 8. The van der Waals surface area contributed by atoms with Crippen LogP contribution >= 0.6 is 0 Å². The van der Waals surface area contributed by atoms with Gasteiger partial charge in [-0.3, -0.25) is 9.59 Å². The Morgan fingerprint density at radius 1 is 0.483 bits per heavy atom. The Balaban J connectivity index is 3.51. The van der Waals surface area contributed by atoms with Gasteiger partial charge in [0.15, 0.2) is 0 Å². The van der Waals surface area contributed by atoms with Crippen molar-refractivity contribution in [1.82, 2.24) is 5.32 Å². The smallest absolute Gasteiger partial charge is 0.305 e. The highest BCUT2D eigenvalue weighted by Gasteiger charge is 2.19. The third-order valence-electron chi connectivity index (χ3n) is 11.1. The topological polar surface area (TPSA) is 95.9 Å². The molecule has 0 radical (unpaired) electrons. The van der Waals surface area contributed by atoms with E-state index in [2.05, 4.69) is 61.7 Å². The van der Waals surface area contributed by atoms with E-state index in [9.17, 15) is 19.8 Å². The molecule has 58 heavy (non-hydrogen) atoms. The zero-order valence-electron chi connectivity index (χ0n) is 38.3. The van der Waals surface area contributed by atoms with Crippen LogP contribution in [0, 0.1) is 0 Å². The average molecular weight is 814 g/mol. The van der Waals surface area contributed by atoms with Crippen molar-refractivity contribution in [2.45, 2.75) is 257 Å². The van der Waals surface area contributed by atoms with Crippen LogP contribution in [0.15, 0.2) is 48.6 Å². The highest BCUT2D eigenvalue weighted by Crippen LogP contribution is 2.15. The van der Waals surface area contributed by atoms with Crippen LogP contribution in [-0.4, -0.2) is 47.4 Å². The number of amides is 1. The quantitative estimate of drug-likeness (QED) is 0.0323. The molecule has 0 rings (SSSR count). The molecule has 0 saturated heterocycles. The Hall–Kier alpha value is -2.18. The molecule has 0 saturated carbocycles. The minimum atomic E-state index is -0.697. The van der Waals surface area contributed by atoms with E-state index in [0.29, 0.717) is 32.3 Å². The number of ether oxygens (including phenoxy) is 1. The van der Waals surface area contributed by atoms with E-state index in [1.54, 1.807) is 0 Å². The number of aliphatic hydroxyl groups excluding tert-OH is 2. The zero-order chi connectivity index (χ0) is 42.3. The van der Waals surface area contributed by atoms with Gasteiger partial charge in [-0.2, -0.15) is 0 Å². The molecule has 1 amide bonds. The molecule has 6 heteroatoms. The van der Waals surface area contributed by atoms with Crippen LogP contribution in [0.1, 0.15) is 245 Å². The second-order valence-corrected chi connectivity index (χ2v) is 16.8. The summed E-state index contributed by atoms with van der Waals surface area (Å²) < 4.78 is 5.46. The molecule has 338 valence electrons. The summed E-state index contributed by atoms with van der Waals surface area (Å²) in [5, 5.41) is 23.0. The summed E-state index contributed by atoms with van der Waals surface area (Å²) >= 11 is 0. The van der Waals surface area contributed by atoms with Gasteiger partial charge >= 0.3 is 5.97 Å². The van der Waals surface area contributed by atoms with Crippen LogP contribution in [0.5, 0.6) is 0 Å². The first-order valence-corrected chi connectivity index (χ1v) is 24.9. The fraction of sp³-hybridized carbons (Fsp3) is 0.808. The lowest BCUT2D eigenvalue weighted by Crippen LogP contribution is -2.45. The number of esters is 1. The minimum Gasteiger partial charge on any atom is -0.466 e. The molecule has 6 nitrogen and oxygen atoms in total. The number of hydrogen-bond donors (Lipinski definition) is 3. The number of hydrogen-bond acceptors (Lipinski definition) is 5. The SMILES string of the molecule is CCCCC/C=C\C/C=C\CCCCCCCCCCCC(=O)OCCCCCCCC/C=C\C/C=C\CCC(=O)NC(CO)C(O)CCCCCCCCCCC. The lowest BCUT2D eigenvalue weighted by molar-refractivity contribution is -0.143. The van der Waals surface area contributed by atoms with Gasteiger partial charge in [0.2, 0.25) is 5.91 Å². The van der Waals surface area contributed by atoms with E-state index in [1.165, 1.54) is 148 Å². The van der Waals surface area contributed by atoms with Gasteiger partial charge in [-0.15, -0.1) is 0 Å². The molecule has 0 aliphatic heterocycles. The average Bonchev–Trinajstić information content (AvgIpc) is 3.22. The molecule has 0 spiro atoms. The molecule has 0 aromatic rings. The molecule has 2 unspecified atom stereocenters. The van der Waals surface area contributed by atoms with Crippen molar-refractivity contribution >= 4 is 11.9 Å². The first-order chi connectivity index (χ1) is 28.5. The minimum absolute atomic E-state index is 0.0221. The third-order valence-corrected chi connectivity index (χ3v) is 11.1. The van der Waals surface area contributed by atoms with Gasteiger partial charge in [0.25, 0.3) is 0 Å². The van der Waals surface area contributed by atoms with E-state index < -0.39 is 12.1 Å². The second kappa shape index (κ2) is 47.5. The summed E-state index contributed by atoms with van der Waals surface area (Å²) in [4.78, 5) is 24.4. The predicted octanol–water partition coefficient (Wildman–Crippen LogP) is 14.7. The highest BCUT2D eigenvalue weighted by atomic mass is 16.5. The summed E-state index contributed by atoms with van der Waals surface area (Å²) in [6.45, 7) is 4.82. The van der Waals surface area contributed by atoms with E-state index in [-0.39, 0.29) is 18.5 Å². The summed E-state index contributed by atoms with van der Waals surface area (Å²) in [6, 6.07) is -0.584. The lowest BCUT2D eigenvalue weighted by atomic mass is 10.0. The van der Waals surface area contributed by atoms with Crippen molar-refractivity contribution in [2.24, 2.45) is 0 Å². The van der Waals surface area contributed by atoms with Gasteiger partial charge in [0, 0.05) is 12.8 Å². The van der Waals surface area contributed by atoms with Crippen LogP contribution < -0.4 is 5.32 Å². The lowest BCUT2D eigenvalue weighted by Gasteiger charge is -2.22. The van der Waals surface area contributed by atoms with E-state index in [0.717, 1.165) is 57.8 Å². The van der Waals surface area contributed by atoms with Crippen molar-refractivity contribution in [2.75, 3.05) is 13.2 Å². The Labute approximate surface area is 359 Å². The molecule has 0 aliphatic rings. The Morgan fingerprint density at radius 2 is 0.879 bits per heavy atom. The second-order valence-electron chi connectivity index (χ2n) is 16.8. The number of unbranched alkanes of at least 4 members (excludes halogenated alkanes) is 26. The summed E-state index contributed by atoms with van der Waals surface area (Å²) in [5.74, 6) is -0.142. The normalized spacial score (nSPS) is 13.1. The molecular weight excluding hydrogens is 719 g/mol. The van der Waals surface area contributed by atoms with E-state index in [4.69, 9.17) is 4.74 Å². The zero-order valence-corrected chi connectivity index (χ0v) is 38.3. The number of carbonyl (C=O) groups is 2. The largest absolute Gasteiger partial charge is 0.466 e. The number of carbonyl (C=O) groups excluding carboxylic acids is 2. The fourth-order valence-electron chi connectivity index (χ4n) is 7.25. The summed E-state index contributed by atoms with van der Waals surface area (Å²) in [7, 11) is 0. The van der Waals surface area contributed by atoms with Crippen molar-refractivity contribution in [1.29, 1.82) is 0 Å². The molecule has 3 N–H and O–H groups in total. The molecule has 0 heterocycles. The number of aliphatic hydroxyl groups is 2. The van der Waals surface area contributed by atoms with Crippen molar-refractivity contribution < 1.29 is 24.5 Å². The number of nitrogens with one attached hydrogen (secondary N) is 1. The standard InChI is InChI=1S/C52H95NO5/c1-3-5-7-9-11-13-14-15-16-17-18-19-20-23-26-30-34-38-42-46-52(57)58-47-43-39-35-31-27-24-21-22-25-29-33-37-41-45-51(56)53-49(48-54)50(55)44-40-36-32-28-12-10-8-6-4-2/h11,13,15-16,22,25,33,37,49-50,54-55H,3-10,12,14,17-21,23-24,26-32,34-36,38-48H2,1-2H3,(H,53,56)/b13-11-,16-15-,25-22-,37-33-. The maximum absolute atomic E-state index is 12.3. The Morgan fingerprint density at radius 3 is 1.38 bits per heavy atom. The molecule has 0 fully saturated rings. The van der Waals surface area contributed by atoms with Gasteiger partial charge in [0.1, 0.15) is 0 Å². The van der Waals surface area contributed by atoms with Crippen LogP contribution in [0.4, 0.5) is 0 Å². The summed E-state index contributed by atoms with van der Waals surface area (Å²) in [6.07, 6.45) is 58.1. The maximum atomic E-state index is 12.3. The summed E-state index contributed by atoms with van der Waals surface area (Å²) in [5.41, 5.74) is 0. The van der Waals surface area contributed by atoms with E-state index >= 15 is 0 Å². The van der Waals surface area contributed by atoms with Gasteiger partial charge in [-0.05, 0) is 77.0 Å². The molecular formula is C52H95NO5. The van der Waals surface area contributed by atoms with Crippen LogP contribution in [0.3, 0.4) is 0 Å². The van der Waals surface area contributed by atoms with Gasteiger partial charge in [-0.25, -0.2) is 0 Å². The fourth-order valence-corrected chi connectivity index (χ4v) is 7.25. The van der Waals surface area contributed by atoms with Crippen LogP contribution in [0.2, 0.25) is 0 Å². The predicted molar refractivity (Wildman–Crippen MR) is 250 cm³/mol. The van der Waals surface area contributed by atoms with Crippen molar-refractivity contribution in [3.8, 4) is 0 Å². The maximum Gasteiger partial charge on any atom is 0.305 e. The van der Waals surface area contributed by atoms with Crippen molar-refractivity contribution in [3.05, 3.63) is 48.6 Å². The molecule has 0 aromatic carbocycles. The van der Waals surface area contributed by atoms with Crippen LogP contribution in [-0.2, 0) is 14.3 Å². The molecule has 0 aliphatic carbocycles. The van der Waals surface area contributed by atoms with Gasteiger partial charge in [-0.1, -0.05) is 204 Å². The molecule has 0 bridgehead atoms. The van der Waals surface area contributed by atoms with Gasteiger partial charge in [0.05, 0.1) is 25.4 Å². The van der Waals surface area contributed by atoms with Crippen molar-refractivity contribution in [3.63, 3.8) is 0 Å². The molecule has 2 atom stereocenters. The van der Waals surface area contributed by atoms with E-state index in [1.807, 2.05) is 6.08 Å². The van der Waals surface area contributed by atoms with Gasteiger partial charge < -0.3 is 20.3 Å². The Kier molecular flexibility index (Phi) is 45.7. The monoisotopic (exact) mass is 814 g/mol.